The van der Waals surface area contributed by atoms with Gasteiger partial charge in [0.2, 0.25) is 0 Å². The Bertz CT molecular complexity index is 1160. The van der Waals surface area contributed by atoms with E-state index in [9.17, 15) is 13.2 Å². The third-order valence-corrected chi connectivity index (χ3v) is 6.87. The second-order valence-corrected chi connectivity index (χ2v) is 8.41. The van der Waals surface area contributed by atoms with Crippen molar-refractivity contribution in [1.82, 2.24) is 19.7 Å². The predicted molar refractivity (Wildman–Crippen MR) is 100 cm³/mol. The zero-order valence-corrected chi connectivity index (χ0v) is 15.8. The number of pyridine rings is 1. The van der Waals surface area contributed by atoms with Gasteiger partial charge in [-0.05, 0) is 36.4 Å². The number of alkyl halides is 3. The quantitative estimate of drug-likeness (QED) is 0.438. The number of nitrogens with zero attached hydrogens (tertiary/aromatic N) is 4. The molecule has 0 saturated heterocycles. The highest BCUT2D eigenvalue weighted by atomic mass is 32.1. The Morgan fingerprint density at radius 3 is 2.81 bits per heavy atom. The number of hydrogen-bond acceptors (Lipinski definition) is 5. The molecule has 1 aliphatic rings. The monoisotopic (exact) mass is 406 g/mol. The minimum absolute atomic E-state index is 0.165. The van der Waals surface area contributed by atoms with Gasteiger partial charge in [-0.25, -0.2) is 4.98 Å². The average molecular weight is 406 g/mol. The molecule has 0 N–H and O–H groups in total. The molecule has 4 aromatic rings. The van der Waals surface area contributed by atoms with Crippen molar-refractivity contribution >= 4 is 32.9 Å². The summed E-state index contributed by atoms with van der Waals surface area (Å²) in [5, 5.41) is 10.4. The van der Waals surface area contributed by atoms with Gasteiger partial charge in [-0.3, -0.25) is 0 Å². The fraction of sp³-hybridized carbons (Fsp3) is 0.278. The summed E-state index contributed by atoms with van der Waals surface area (Å²) in [7, 11) is 0. The fourth-order valence-electron chi connectivity index (χ4n) is 3.55. The molecule has 4 aromatic heterocycles. The van der Waals surface area contributed by atoms with Gasteiger partial charge >= 0.3 is 6.18 Å². The molecule has 0 unspecified atom stereocenters. The summed E-state index contributed by atoms with van der Waals surface area (Å²) in [5.74, 6) is 1.54. The molecule has 0 radical (unpaired) electrons. The number of hydrogen-bond donors (Lipinski definition) is 0. The van der Waals surface area contributed by atoms with Crippen LogP contribution in [0.2, 0.25) is 0 Å². The van der Waals surface area contributed by atoms with Crippen LogP contribution in [0.1, 0.15) is 23.4 Å². The average Bonchev–Trinajstić information content (AvgIpc) is 3.38. The maximum atomic E-state index is 13.8. The number of fused-ring (bicyclic) bond motifs is 2. The molecule has 5 heterocycles. The van der Waals surface area contributed by atoms with Crippen LogP contribution in [0.4, 0.5) is 13.2 Å². The van der Waals surface area contributed by atoms with Crippen molar-refractivity contribution in [1.29, 1.82) is 0 Å². The van der Waals surface area contributed by atoms with E-state index >= 15 is 0 Å². The van der Waals surface area contributed by atoms with Gasteiger partial charge < -0.3 is 4.57 Å². The van der Waals surface area contributed by atoms with Gasteiger partial charge in [-0.15, -0.1) is 32.9 Å². The SMILES string of the molecule is Cc1c(-c2nnc3n2CCC3)sc2nc(-c3cccs3)cc(C(F)(F)F)c12. The number of aryl methyl sites for hydroxylation is 2. The summed E-state index contributed by atoms with van der Waals surface area (Å²) in [6, 6.07) is 4.75. The maximum absolute atomic E-state index is 13.8. The van der Waals surface area contributed by atoms with Crippen LogP contribution in [-0.4, -0.2) is 19.7 Å². The minimum Gasteiger partial charge on any atom is -0.310 e. The largest absolute Gasteiger partial charge is 0.417 e. The van der Waals surface area contributed by atoms with Gasteiger partial charge in [0, 0.05) is 18.4 Å². The molecular weight excluding hydrogens is 393 g/mol. The van der Waals surface area contributed by atoms with E-state index in [0.29, 0.717) is 26.8 Å². The van der Waals surface area contributed by atoms with Crippen LogP contribution in [0.3, 0.4) is 0 Å². The molecule has 138 valence electrons. The van der Waals surface area contributed by atoms with Crippen molar-refractivity contribution in [3.63, 3.8) is 0 Å². The normalized spacial score (nSPS) is 14.2. The van der Waals surface area contributed by atoms with Crippen LogP contribution < -0.4 is 0 Å². The van der Waals surface area contributed by atoms with Crippen molar-refractivity contribution in [2.45, 2.75) is 32.5 Å². The van der Waals surface area contributed by atoms with E-state index in [4.69, 9.17) is 0 Å². The summed E-state index contributed by atoms with van der Waals surface area (Å²) in [5.41, 5.74) is 0.274. The van der Waals surface area contributed by atoms with E-state index < -0.39 is 11.7 Å². The Morgan fingerprint density at radius 1 is 1.22 bits per heavy atom. The fourth-order valence-corrected chi connectivity index (χ4v) is 5.44. The number of halogens is 3. The molecule has 27 heavy (non-hydrogen) atoms. The molecule has 0 amide bonds. The summed E-state index contributed by atoms with van der Waals surface area (Å²) in [6.07, 6.45) is -2.62. The van der Waals surface area contributed by atoms with Gasteiger partial charge in [0.15, 0.2) is 5.82 Å². The molecule has 0 atom stereocenters. The third kappa shape index (κ3) is 2.60. The predicted octanol–water partition coefficient (Wildman–Crippen LogP) is 5.56. The Hall–Kier alpha value is -2.26. The summed E-state index contributed by atoms with van der Waals surface area (Å²) in [6.45, 7) is 2.51. The van der Waals surface area contributed by atoms with Crippen LogP contribution in [0, 0.1) is 6.92 Å². The Kier molecular flexibility index (Phi) is 3.67. The van der Waals surface area contributed by atoms with Crippen molar-refractivity contribution in [2.75, 3.05) is 0 Å². The standard InChI is InChI=1S/C18H13F3N4S2/c1-9-14-10(18(19,20)21)8-11(12-4-3-7-26-12)22-17(14)27-15(9)16-24-23-13-5-2-6-25(13)16/h3-4,7-8H,2,5-6H2,1H3. The molecule has 0 bridgehead atoms. The zero-order chi connectivity index (χ0) is 18.8. The first-order valence-electron chi connectivity index (χ1n) is 8.41. The number of aromatic nitrogens is 4. The lowest BCUT2D eigenvalue weighted by Gasteiger charge is -2.10. The molecule has 0 fully saturated rings. The van der Waals surface area contributed by atoms with E-state index in [2.05, 4.69) is 15.2 Å². The molecule has 5 rings (SSSR count). The van der Waals surface area contributed by atoms with E-state index in [1.165, 1.54) is 22.7 Å². The Morgan fingerprint density at radius 2 is 2.07 bits per heavy atom. The highest BCUT2D eigenvalue weighted by Crippen LogP contribution is 2.45. The summed E-state index contributed by atoms with van der Waals surface area (Å²) in [4.78, 5) is 6.37. The smallest absolute Gasteiger partial charge is 0.310 e. The van der Waals surface area contributed by atoms with Gasteiger partial charge in [0.05, 0.1) is 21.0 Å². The van der Waals surface area contributed by atoms with Crippen molar-refractivity contribution in [2.24, 2.45) is 0 Å². The highest BCUT2D eigenvalue weighted by molar-refractivity contribution is 7.22. The molecule has 1 aliphatic heterocycles. The van der Waals surface area contributed by atoms with E-state index in [-0.39, 0.29) is 5.39 Å². The summed E-state index contributed by atoms with van der Waals surface area (Å²) >= 11 is 2.64. The van der Waals surface area contributed by atoms with E-state index in [1.54, 1.807) is 13.0 Å². The van der Waals surface area contributed by atoms with E-state index in [0.717, 1.165) is 36.2 Å². The Labute approximate surface area is 160 Å². The molecular formula is C18H13F3N4S2. The van der Waals surface area contributed by atoms with Crippen LogP contribution in [0.5, 0.6) is 0 Å². The lowest BCUT2D eigenvalue weighted by molar-refractivity contribution is -0.136. The summed E-state index contributed by atoms with van der Waals surface area (Å²) < 4.78 is 43.5. The minimum atomic E-state index is -4.46. The van der Waals surface area contributed by atoms with Gasteiger partial charge in [0.1, 0.15) is 10.7 Å². The molecule has 0 aromatic carbocycles. The van der Waals surface area contributed by atoms with Crippen molar-refractivity contribution in [3.8, 4) is 21.3 Å². The lowest BCUT2D eigenvalue weighted by Crippen LogP contribution is -2.07. The molecule has 0 saturated carbocycles. The van der Waals surface area contributed by atoms with Crippen LogP contribution in [0.15, 0.2) is 23.6 Å². The molecule has 0 aliphatic carbocycles. The van der Waals surface area contributed by atoms with Crippen LogP contribution in [-0.2, 0) is 19.1 Å². The van der Waals surface area contributed by atoms with E-state index in [1.807, 2.05) is 16.0 Å². The zero-order valence-electron chi connectivity index (χ0n) is 14.2. The first-order valence-corrected chi connectivity index (χ1v) is 10.1. The number of thiophene rings is 2. The molecule has 9 heteroatoms. The highest BCUT2D eigenvalue weighted by Gasteiger charge is 2.36. The van der Waals surface area contributed by atoms with Crippen LogP contribution >= 0.6 is 22.7 Å². The van der Waals surface area contributed by atoms with Gasteiger partial charge in [-0.2, -0.15) is 13.2 Å². The first-order chi connectivity index (χ1) is 12.9. The first kappa shape index (κ1) is 16.9. The molecule has 4 nitrogen and oxygen atoms in total. The van der Waals surface area contributed by atoms with Crippen LogP contribution in [0.25, 0.3) is 31.5 Å². The second-order valence-electron chi connectivity index (χ2n) is 6.46. The van der Waals surface area contributed by atoms with Gasteiger partial charge in [-0.1, -0.05) is 6.07 Å². The number of rotatable bonds is 2. The Balaban J connectivity index is 1.79. The second kappa shape index (κ2) is 5.87. The maximum Gasteiger partial charge on any atom is 0.417 e. The molecule has 0 spiro atoms. The third-order valence-electron chi connectivity index (χ3n) is 4.79. The van der Waals surface area contributed by atoms with Gasteiger partial charge in [0.25, 0.3) is 0 Å². The lowest BCUT2D eigenvalue weighted by atomic mass is 10.1. The van der Waals surface area contributed by atoms with Crippen molar-refractivity contribution in [3.05, 3.63) is 40.5 Å². The topological polar surface area (TPSA) is 43.6 Å². The van der Waals surface area contributed by atoms with Crippen molar-refractivity contribution < 1.29 is 13.2 Å².